The van der Waals surface area contributed by atoms with E-state index in [0.29, 0.717) is 13.2 Å². The molecule has 0 spiro atoms. The smallest absolute Gasteiger partial charge is 0.244 e. The van der Waals surface area contributed by atoms with Crippen LogP contribution in [0.15, 0.2) is 42.6 Å². The Morgan fingerprint density at radius 2 is 2.11 bits per heavy atom. The van der Waals surface area contributed by atoms with Crippen LogP contribution in [-0.2, 0) is 9.53 Å². The number of hydrogen-bond donors (Lipinski definition) is 1. The van der Waals surface area contributed by atoms with Gasteiger partial charge in [-0.25, -0.2) is 4.98 Å². The molecule has 1 unspecified atom stereocenters. The van der Waals surface area contributed by atoms with Crippen LogP contribution >= 0.6 is 11.3 Å². The summed E-state index contributed by atoms with van der Waals surface area (Å²) in [6.07, 6.45) is 6.27. The van der Waals surface area contributed by atoms with E-state index >= 15 is 0 Å². The zero-order chi connectivity index (χ0) is 19.2. The molecule has 1 aromatic carbocycles. The van der Waals surface area contributed by atoms with Crippen molar-refractivity contribution in [2.45, 2.75) is 33.3 Å². The highest BCUT2D eigenvalue weighted by atomic mass is 32.1. The lowest BCUT2D eigenvalue weighted by molar-refractivity contribution is -0.116. The Morgan fingerprint density at radius 3 is 2.89 bits per heavy atom. The monoisotopic (exact) mass is 383 g/mol. The van der Waals surface area contributed by atoms with Crippen molar-refractivity contribution in [3.8, 4) is 0 Å². The van der Waals surface area contributed by atoms with Crippen molar-refractivity contribution < 1.29 is 9.53 Å². The second-order valence-electron chi connectivity index (χ2n) is 6.48. The van der Waals surface area contributed by atoms with Crippen LogP contribution in [0, 0.1) is 13.8 Å². The number of thiazole rings is 1. The van der Waals surface area contributed by atoms with Crippen LogP contribution in [0.5, 0.6) is 0 Å². The predicted molar refractivity (Wildman–Crippen MR) is 110 cm³/mol. The number of nitrogens with zero attached hydrogens (tertiary/aromatic N) is 2. The van der Waals surface area contributed by atoms with Crippen LogP contribution in [0.4, 0.5) is 0 Å². The van der Waals surface area contributed by atoms with E-state index in [-0.39, 0.29) is 12.0 Å². The molecule has 5 nitrogen and oxygen atoms in total. The van der Waals surface area contributed by atoms with Crippen LogP contribution in [-0.4, -0.2) is 28.4 Å². The second-order valence-corrected chi connectivity index (χ2v) is 7.69. The van der Waals surface area contributed by atoms with Gasteiger partial charge in [0.25, 0.3) is 0 Å². The summed E-state index contributed by atoms with van der Waals surface area (Å²) >= 11 is 1.64. The van der Waals surface area contributed by atoms with Crippen molar-refractivity contribution in [3.05, 3.63) is 64.4 Å². The first kappa shape index (κ1) is 19.3. The molecule has 0 aliphatic carbocycles. The number of aryl methyl sites for hydroxylation is 2. The van der Waals surface area contributed by atoms with Crippen LogP contribution in [0.2, 0.25) is 0 Å². The summed E-state index contributed by atoms with van der Waals surface area (Å²) in [5, 5.41) is 2.90. The van der Waals surface area contributed by atoms with Gasteiger partial charge in [-0.05, 0) is 38.8 Å². The fourth-order valence-electron chi connectivity index (χ4n) is 2.86. The normalized spacial score (nSPS) is 12.7. The quantitative estimate of drug-likeness (QED) is 0.466. The van der Waals surface area contributed by atoms with E-state index in [9.17, 15) is 4.79 Å². The van der Waals surface area contributed by atoms with Crippen LogP contribution in [0.3, 0.4) is 0 Å². The van der Waals surface area contributed by atoms with Gasteiger partial charge in [-0.1, -0.05) is 30.3 Å². The largest absolute Gasteiger partial charge is 0.374 e. The molecule has 0 bridgehead atoms. The Kier molecular flexibility index (Phi) is 6.42. The van der Waals surface area contributed by atoms with E-state index in [4.69, 9.17) is 4.74 Å². The van der Waals surface area contributed by atoms with Gasteiger partial charge in [0.2, 0.25) is 5.91 Å². The zero-order valence-electron chi connectivity index (χ0n) is 15.9. The number of aromatic nitrogens is 2. The molecule has 0 fully saturated rings. The number of benzene rings is 1. The summed E-state index contributed by atoms with van der Waals surface area (Å²) in [6, 6.07) is 10.1. The highest BCUT2D eigenvalue weighted by molar-refractivity contribution is 7.17. The average molecular weight is 384 g/mol. The van der Waals surface area contributed by atoms with Gasteiger partial charge in [0.05, 0.1) is 17.5 Å². The lowest BCUT2D eigenvalue weighted by Crippen LogP contribution is -2.23. The summed E-state index contributed by atoms with van der Waals surface area (Å²) in [5.74, 6) is -0.104. The molecule has 2 heterocycles. The maximum Gasteiger partial charge on any atom is 0.244 e. The SMILES string of the molecule is Cc1cn2c(C=CC(=O)NCCCOC(C)c3ccccc3)c(C)nc2s1. The maximum absolute atomic E-state index is 12.0. The Morgan fingerprint density at radius 1 is 1.33 bits per heavy atom. The number of carbonyl (C=O) groups excluding carboxylic acids is 1. The topological polar surface area (TPSA) is 55.6 Å². The summed E-state index contributed by atoms with van der Waals surface area (Å²) in [6.45, 7) is 7.24. The minimum atomic E-state index is -0.104. The number of hydrogen-bond acceptors (Lipinski definition) is 4. The molecule has 6 heteroatoms. The molecule has 0 radical (unpaired) electrons. The van der Waals surface area contributed by atoms with Gasteiger partial charge in [0.1, 0.15) is 0 Å². The number of carbonyl (C=O) groups is 1. The Labute approximate surface area is 163 Å². The molecule has 0 aliphatic rings. The Balaban J connectivity index is 1.42. The number of fused-ring (bicyclic) bond motifs is 1. The summed E-state index contributed by atoms with van der Waals surface area (Å²) < 4.78 is 7.84. The van der Waals surface area contributed by atoms with E-state index in [1.807, 2.05) is 48.7 Å². The summed E-state index contributed by atoms with van der Waals surface area (Å²) in [7, 11) is 0. The lowest BCUT2D eigenvalue weighted by Gasteiger charge is -2.13. The van der Waals surface area contributed by atoms with Gasteiger partial charge in [0, 0.05) is 30.3 Å². The van der Waals surface area contributed by atoms with Crippen molar-refractivity contribution >= 4 is 28.3 Å². The van der Waals surface area contributed by atoms with Crippen molar-refractivity contribution in [3.63, 3.8) is 0 Å². The van der Waals surface area contributed by atoms with Crippen molar-refractivity contribution in [1.82, 2.24) is 14.7 Å². The summed E-state index contributed by atoms with van der Waals surface area (Å²) in [4.78, 5) is 18.7. The maximum atomic E-state index is 12.0. The van der Waals surface area contributed by atoms with Gasteiger partial charge < -0.3 is 10.1 Å². The van der Waals surface area contributed by atoms with Crippen LogP contribution in [0.25, 0.3) is 11.0 Å². The van der Waals surface area contributed by atoms with Crippen molar-refractivity contribution in [2.24, 2.45) is 0 Å². The number of nitrogens with one attached hydrogen (secondary N) is 1. The first-order valence-corrected chi connectivity index (χ1v) is 9.94. The van der Waals surface area contributed by atoms with Gasteiger partial charge in [-0.3, -0.25) is 9.20 Å². The van der Waals surface area contributed by atoms with Crippen LogP contribution in [0.1, 0.15) is 41.3 Å². The van der Waals surface area contributed by atoms with E-state index < -0.39 is 0 Å². The molecule has 0 saturated carbocycles. The minimum absolute atomic E-state index is 0.0584. The highest BCUT2D eigenvalue weighted by Gasteiger charge is 2.09. The summed E-state index contributed by atoms with van der Waals surface area (Å²) in [5.41, 5.74) is 3.04. The second kappa shape index (κ2) is 8.97. The third kappa shape index (κ3) is 5.05. The standard InChI is InChI=1S/C21H25N3O2S/c1-15-14-24-19(16(2)23-21(24)27-15)10-11-20(25)22-12-7-13-26-17(3)18-8-5-4-6-9-18/h4-6,8-11,14,17H,7,12-13H2,1-3H3,(H,22,25). The predicted octanol–water partition coefficient (Wildman–Crippen LogP) is 4.31. The molecular formula is C21H25N3O2S. The molecule has 142 valence electrons. The first-order chi connectivity index (χ1) is 13.0. The molecular weight excluding hydrogens is 358 g/mol. The third-order valence-electron chi connectivity index (χ3n) is 4.31. The van der Waals surface area contributed by atoms with E-state index in [2.05, 4.69) is 29.4 Å². The molecule has 1 atom stereocenters. The third-order valence-corrected chi connectivity index (χ3v) is 5.21. The lowest BCUT2D eigenvalue weighted by atomic mass is 10.1. The molecule has 1 N–H and O–H groups in total. The van der Waals surface area contributed by atoms with Gasteiger partial charge in [0.15, 0.2) is 4.96 Å². The number of imidazole rings is 1. The highest BCUT2D eigenvalue weighted by Crippen LogP contribution is 2.21. The average Bonchev–Trinajstić information content (AvgIpc) is 3.15. The molecule has 2 aromatic heterocycles. The van der Waals surface area contributed by atoms with Crippen LogP contribution < -0.4 is 5.32 Å². The van der Waals surface area contributed by atoms with E-state index in [1.165, 1.54) is 4.88 Å². The molecule has 3 rings (SSSR count). The molecule has 3 aromatic rings. The first-order valence-electron chi connectivity index (χ1n) is 9.12. The minimum Gasteiger partial charge on any atom is -0.374 e. The zero-order valence-corrected chi connectivity index (χ0v) is 16.8. The number of rotatable bonds is 8. The van der Waals surface area contributed by atoms with Crippen molar-refractivity contribution in [1.29, 1.82) is 0 Å². The Bertz CT molecular complexity index is 928. The fourth-order valence-corrected chi connectivity index (χ4v) is 3.74. The number of amides is 1. The van der Waals surface area contributed by atoms with Crippen molar-refractivity contribution in [2.75, 3.05) is 13.2 Å². The van der Waals surface area contributed by atoms with E-state index in [0.717, 1.165) is 28.3 Å². The molecule has 0 saturated heterocycles. The van der Waals surface area contributed by atoms with E-state index in [1.54, 1.807) is 17.4 Å². The van der Waals surface area contributed by atoms with Gasteiger partial charge >= 0.3 is 0 Å². The molecule has 0 aliphatic heterocycles. The molecule has 27 heavy (non-hydrogen) atoms. The van der Waals surface area contributed by atoms with Gasteiger partial charge in [-0.15, -0.1) is 11.3 Å². The fraction of sp³-hybridized carbons (Fsp3) is 0.333. The number of ether oxygens (including phenoxy) is 1. The van der Waals surface area contributed by atoms with Gasteiger partial charge in [-0.2, -0.15) is 0 Å². The Hall–Kier alpha value is -2.44. The molecule has 1 amide bonds.